The van der Waals surface area contributed by atoms with Crippen LogP contribution in [0.4, 0.5) is 17.1 Å². The zero-order valence-corrected chi connectivity index (χ0v) is 17.8. The number of aromatic hydroxyl groups is 1. The van der Waals surface area contributed by atoms with E-state index in [-0.39, 0.29) is 5.75 Å². The number of benzene rings is 3. The molecule has 0 fully saturated rings. The van der Waals surface area contributed by atoms with Crippen molar-refractivity contribution in [3.8, 4) is 11.5 Å². The molecule has 7 nitrogen and oxygen atoms in total. The van der Waals surface area contributed by atoms with Crippen molar-refractivity contribution in [2.75, 3.05) is 26.4 Å². The van der Waals surface area contributed by atoms with Gasteiger partial charge in [0.25, 0.3) is 0 Å². The third-order valence-electron chi connectivity index (χ3n) is 4.91. The molecule has 0 atom stereocenters. The lowest BCUT2D eigenvalue weighted by Crippen LogP contribution is -2.10. The topological polar surface area (TPSA) is 96.3 Å². The molecule has 0 spiro atoms. The highest BCUT2D eigenvalue weighted by molar-refractivity contribution is 6.07. The minimum atomic E-state index is 0.248. The molecular weight excluding hydrogens is 390 g/mol. The van der Waals surface area contributed by atoms with Gasteiger partial charge >= 0.3 is 0 Å². The van der Waals surface area contributed by atoms with Gasteiger partial charge in [-0.2, -0.15) is 10.2 Å². The maximum absolute atomic E-state index is 10.0. The van der Waals surface area contributed by atoms with E-state index in [1.54, 1.807) is 12.1 Å². The van der Waals surface area contributed by atoms with Crippen LogP contribution in [-0.2, 0) is 6.54 Å². The Balaban J connectivity index is 1.68. The Kier molecular flexibility index (Phi) is 5.68. The van der Waals surface area contributed by atoms with Crippen molar-refractivity contribution < 1.29 is 9.84 Å². The van der Waals surface area contributed by atoms with Gasteiger partial charge in [-0.05, 0) is 75.6 Å². The molecule has 4 aromatic rings. The summed E-state index contributed by atoms with van der Waals surface area (Å²) in [5.74, 6) is 1.02. The summed E-state index contributed by atoms with van der Waals surface area (Å²) in [7, 11) is 3.89. The van der Waals surface area contributed by atoms with Gasteiger partial charge in [0.05, 0.1) is 34.7 Å². The molecule has 31 heavy (non-hydrogen) atoms. The van der Waals surface area contributed by atoms with E-state index >= 15 is 0 Å². The molecule has 0 aliphatic carbocycles. The number of fused-ring (bicyclic) bond motifs is 2. The Bertz CT molecular complexity index is 1280. The average molecular weight is 415 g/mol. The maximum atomic E-state index is 10.0. The highest BCUT2D eigenvalue weighted by Crippen LogP contribution is 2.33. The summed E-state index contributed by atoms with van der Waals surface area (Å²) in [6.07, 6.45) is 0. The standard InChI is InChI=1S/C24H25N5O2/c1-4-31-18-7-9-21-20(13-18)24(25)19-8-5-17(12-22(19)26-21)28-27-16-6-10-23(30)15(11-16)14-29(2)3/h5-13,30H,4,14H2,1-3H3,(H2,25,26). The van der Waals surface area contributed by atoms with Gasteiger partial charge in [0.1, 0.15) is 11.5 Å². The van der Waals surface area contributed by atoms with E-state index in [2.05, 4.69) is 10.2 Å². The number of hydrogen-bond acceptors (Lipinski definition) is 7. The summed E-state index contributed by atoms with van der Waals surface area (Å²) in [4.78, 5) is 6.72. The Morgan fingerprint density at radius 3 is 2.42 bits per heavy atom. The van der Waals surface area contributed by atoms with Gasteiger partial charge in [-0.3, -0.25) is 0 Å². The lowest BCUT2D eigenvalue weighted by molar-refractivity contribution is 0.341. The number of nitrogens with zero attached hydrogens (tertiary/aromatic N) is 4. The van der Waals surface area contributed by atoms with Crippen LogP contribution < -0.4 is 10.5 Å². The van der Waals surface area contributed by atoms with Gasteiger partial charge in [-0.15, -0.1) is 0 Å². The molecule has 3 aromatic carbocycles. The second-order valence-corrected chi connectivity index (χ2v) is 7.59. The molecule has 1 aromatic heterocycles. The second kappa shape index (κ2) is 8.57. The van der Waals surface area contributed by atoms with Crippen molar-refractivity contribution in [3.05, 3.63) is 60.2 Å². The summed E-state index contributed by atoms with van der Waals surface area (Å²) in [5, 5.41) is 20.4. The Morgan fingerprint density at radius 2 is 1.68 bits per heavy atom. The molecule has 0 radical (unpaired) electrons. The van der Waals surface area contributed by atoms with Gasteiger partial charge < -0.3 is 20.5 Å². The van der Waals surface area contributed by atoms with Gasteiger partial charge in [0.2, 0.25) is 0 Å². The fraction of sp³-hybridized carbons (Fsp3) is 0.208. The first kappa shape index (κ1) is 20.6. The quantitative estimate of drug-likeness (QED) is 0.318. The second-order valence-electron chi connectivity index (χ2n) is 7.59. The Hall–Kier alpha value is -3.71. The van der Waals surface area contributed by atoms with E-state index in [0.29, 0.717) is 30.2 Å². The van der Waals surface area contributed by atoms with Crippen LogP contribution in [0.3, 0.4) is 0 Å². The van der Waals surface area contributed by atoms with E-state index in [9.17, 15) is 5.11 Å². The summed E-state index contributed by atoms with van der Waals surface area (Å²) in [5.41, 5.74) is 10.8. The van der Waals surface area contributed by atoms with Crippen LogP contribution in [0.2, 0.25) is 0 Å². The van der Waals surface area contributed by atoms with E-state index in [1.165, 1.54) is 0 Å². The van der Waals surface area contributed by atoms with Gasteiger partial charge in [0.15, 0.2) is 0 Å². The number of phenolic OH excluding ortho intramolecular Hbond substituents is 1. The first-order valence-electron chi connectivity index (χ1n) is 10.1. The van der Waals surface area contributed by atoms with Crippen LogP contribution in [0.25, 0.3) is 21.8 Å². The van der Waals surface area contributed by atoms with Crippen LogP contribution in [0, 0.1) is 0 Å². The van der Waals surface area contributed by atoms with Crippen LogP contribution in [0.15, 0.2) is 64.8 Å². The predicted octanol–water partition coefficient (Wildman–Crippen LogP) is 5.55. The summed E-state index contributed by atoms with van der Waals surface area (Å²) in [6.45, 7) is 3.16. The molecule has 0 amide bonds. The van der Waals surface area contributed by atoms with Crippen LogP contribution in [-0.4, -0.2) is 35.7 Å². The van der Waals surface area contributed by atoms with Gasteiger partial charge in [-0.25, -0.2) is 4.98 Å². The number of rotatable bonds is 6. The third kappa shape index (κ3) is 4.41. The zero-order valence-electron chi connectivity index (χ0n) is 17.8. The van der Waals surface area contributed by atoms with E-state index < -0.39 is 0 Å². The van der Waals surface area contributed by atoms with Crippen molar-refractivity contribution in [2.45, 2.75) is 13.5 Å². The highest BCUT2D eigenvalue weighted by Gasteiger charge is 2.09. The van der Waals surface area contributed by atoms with Crippen molar-refractivity contribution in [2.24, 2.45) is 10.2 Å². The normalized spacial score (nSPS) is 11.7. The number of phenols is 1. The smallest absolute Gasteiger partial charge is 0.120 e. The first-order valence-corrected chi connectivity index (χ1v) is 10.1. The largest absolute Gasteiger partial charge is 0.508 e. The molecule has 7 heteroatoms. The molecule has 0 saturated heterocycles. The summed E-state index contributed by atoms with van der Waals surface area (Å²) < 4.78 is 5.58. The Labute approximate surface area is 180 Å². The van der Waals surface area contributed by atoms with Gasteiger partial charge in [-0.1, -0.05) is 0 Å². The van der Waals surface area contributed by atoms with Crippen molar-refractivity contribution in [1.29, 1.82) is 0 Å². The van der Waals surface area contributed by atoms with Crippen LogP contribution in [0.1, 0.15) is 12.5 Å². The molecular formula is C24H25N5O2. The van der Waals surface area contributed by atoms with Crippen molar-refractivity contribution in [3.63, 3.8) is 0 Å². The zero-order chi connectivity index (χ0) is 22.0. The highest BCUT2D eigenvalue weighted by atomic mass is 16.5. The molecule has 0 bridgehead atoms. The molecule has 1 heterocycles. The molecule has 4 rings (SSSR count). The van der Waals surface area contributed by atoms with E-state index in [1.807, 2.05) is 68.4 Å². The fourth-order valence-corrected chi connectivity index (χ4v) is 3.48. The monoisotopic (exact) mass is 415 g/mol. The minimum Gasteiger partial charge on any atom is -0.508 e. The lowest BCUT2D eigenvalue weighted by atomic mass is 10.1. The molecule has 158 valence electrons. The van der Waals surface area contributed by atoms with Crippen molar-refractivity contribution >= 4 is 38.9 Å². The number of aromatic nitrogens is 1. The number of nitrogens with two attached hydrogens (primary N) is 1. The Morgan fingerprint density at radius 1 is 0.935 bits per heavy atom. The van der Waals surface area contributed by atoms with Crippen LogP contribution >= 0.6 is 0 Å². The molecule has 0 aliphatic rings. The predicted molar refractivity (Wildman–Crippen MR) is 125 cm³/mol. The summed E-state index contributed by atoms with van der Waals surface area (Å²) >= 11 is 0. The molecule has 0 unspecified atom stereocenters. The van der Waals surface area contributed by atoms with Crippen LogP contribution in [0.5, 0.6) is 11.5 Å². The number of nitrogen functional groups attached to an aromatic ring is 1. The summed E-state index contributed by atoms with van der Waals surface area (Å²) in [6, 6.07) is 16.6. The molecule has 0 aliphatic heterocycles. The van der Waals surface area contributed by atoms with Gasteiger partial charge in [0, 0.05) is 22.9 Å². The molecule has 3 N–H and O–H groups in total. The van der Waals surface area contributed by atoms with E-state index in [4.69, 9.17) is 15.5 Å². The molecule has 0 saturated carbocycles. The maximum Gasteiger partial charge on any atom is 0.120 e. The third-order valence-corrected chi connectivity index (χ3v) is 4.91. The van der Waals surface area contributed by atoms with E-state index in [0.717, 1.165) is 33.1 Å². The average Bonchev–Trinajstić information content (AvgIpc) is 2.74. The number of ether oxygens (including phenoxy) is 1. The van der Waals surface area contributed by atoms with Crippen molar-refractivity contribution in [1.82, 2.24) is 9.88 Å². The first-order chi connectivity index (χ1) is 14.9. The number of anilines is 1. The lowest BCUT2D eigenvalue weighted by Gasteiger charge is -2.11. The minimum absolute atomic E-state index is 0.248. The number of hydrogen-bond donors (Lipinski definition) is 2. The number of azo groups is 1. The number of pyridine rings is 1. The fourth-order valence-electron chi connectivity index (χ4n) is 3.48. The SMILES string of the molecule is CCOc1ccc2nc3cc(N=Nc4ccc(O)c(CN(C)C)c4)ccc3c(N)c2c1.